The van der Waals surface area contributed by atoms with Crippen molar-refractivity contribution < 1.29 is 9.53 Å². The molecule has 0 radical (unpaired) electrons. The van der Waals surface area contributed by atoms with Gasteiger partial charge in [-0.2, -0.15) is 0 Å². The minimum absolute atomic E-state index is 0.175. The van der Waals surface area contributed by atoms with Crippen molar-refractivity contribution in [1.29, 1.82) is 0 Å². The van der Waals surface area contributed by atoms with Crippen LogP contribution in [0.1, 0.15) is 60.6 Å². The summed E-state index contributed by atoms with van der Waals surface area (Å²) < 4.78 is 6.97. The maximum atomic E-state index is 13.2. The van der Waals surface area contributed by atoms with Crippen LogP contribution in [0.4, 0.5) is 5.69 Å². The van der Waals surface area contributed by atoms with Crippen LogP contribution in [-0.2, 0) is 12.8 Å². The highest BCUT2D eigenvalue weighted by Gasteiger charge is 2.20. The van der Waals surface area contributed by atoms with Crippen LogP contribution in [0, 0.1) is 19.8 Å². The van der Waals surface area contributed by atoms with Gasteiger partial charge in [-0.3, -0.25) is 9.78 Å². The molecular formula is C22H29BrN2O2. The van der Waals surface area contributed by atoms with E-state index in [1.54, 1.807) is 0 Å². The molecule has 1 aromatic carbocycles. The van der Waals surface area contributed by atoms with Gasteiger partial charge in [0.1, 0.15) is 11.3 Å². The average Bonchev–Trinajstić information content (AvgIpc) is 2.60. The van der Waals surface area contributed by atoms with Gasteiger partial charge in [0, 0.05) is 21.9 Å². The molecule has 1 amide bonds. The fourth-order valence-electron chi connectivity index (χ4n) is 3.06. The molecule has 0 atom stereocenters. The predicted octanol–water partition coefficient (Wildman–Crippen LogP) is 5.87. The fraction of sp³-hybridized carbons (Fsp3) is 0.455. The van der Waals surface area contributed by atoms with Gasteiger partial charge in [-0.25, -0.2) is 0 Å². The molecule has 0 saturated heterocycles. The van der Waals surface area contributed by atoms with Crippen LogP contribution in [0.15, 0.2) is 22.7 Å². The molecule has 1 heterocycles. The highest BCUT2D eigenvalue weighted by Crippen LogP contribution is 2.30. The van der Waals surface area contributed by atoms with Gasteiger partial charge in [-0.05, 0) is 55.9 Å². The second-order valence-corrected chi connectivity index (χ2v) is 8.10. The highest BCUT2D eigenvalue weighted by molar-refractivity contribution is 9.10. The first-order valence-electron chi connectivity index (χ1n) is 9.50. The van der Waals surface area contributed by atoms with Crippen LogP contribution in [0.3, 0.4) is 0 Å². The summed E-state index contributed by atoms with van der Waals surface area (Å²) in [4.78, 5) is 17.7. The van der Waals surface area contributed by atoms with Crippen LogP contribution in [0.5, 0.6) is 5.75 Å². The van der Waals surface area contributed by atoms with Gasteiger partial charge in [0.2, 0.25) is 0 Å². The molecule has 0 aliphatic rings. The van der Waals surface area contributed by atoms with E-state index in [4.69, 9.17) is 4.74 Å². The molecule has 4 nitrogen and oxygen atoms in total. The van der Waals surface area contributed by atoms with Crippen molar-refractivity contribution in [2.24, 2.45) is 5.92 Å². The number of carbonyl (C=O) groups excluding carboxylic acids is 1. The largest absolute Gasteiger partial charge is 0.492 e. The second-order valence-electron chi connectivity index (χ2n) is 7.19. The van der Waals surface area contributed by atoms with Crippen LogP contribution < -0.4 is 10.1 Å². The van der Waals surface area contributed by atoms with E-state index in [1.165, 1.54) is 0 Å². The van der Waals surface area contributed by atoms with E-state index in [0.29, 0.717) is 29.5 Å². The Balaban J connectivity index is 2.45. The van der Waals surface area contributed by atoms with Crippen molar-refractivity contribution in [3.05, 3.63) is 50.8 Å². The van der Waals surface area contributed by atoms with Gasteiger partial charge < -0.3 is 10.1 Å². The van der Waals surface area contributed by atoms with Gasteiger partial charge in [-0.1, -0.05) is 43.6 Å². The number of hydrogen-bond acceptors (Lipinski definition) is 3. The van der Waals surface area contributed by atoms with Crippen molar-refractivity contribution in [1.82, 2.24) is 4.98 Å². The molecule has 2 rings (SSSR count). The summed E-state index contributed by atoms with van der Waals surface area (Å²) in [5.74, 6) is 0.796. The summed E-state index contributed by atoms with van der Waals surface area (Å²) in [7, 11) is 0. The van der Waals surface area contributed by atoms with Gasteiger partial charge >= 0.3 is 0 Å². The Morgan fingerprint density at radius 2 is 1.74 bits per heavy atom. The number of halogens is 1. The van der Waals surface area contributed by atoms with E-state index in [2.05, 4.69) is 66.1 Å². The van der Waals surface area contributed by atoms with Crippen molar-refractivity contribution in [2.45, 2.75) is 54.4 Å². The summed E-state index contributed by atoms with van der Waals surface area (Å²) >= 11 is 3.56. The van der Waals surface area contributed by atoms with Gasteiger partial charge in [0.05, 0.1) is 12.3 Å². The molecule has 0 aliphatic carbocycles. The van der Waals surface area contributed by atoms with E-state index in [1.807, 2.05) is 19.9 Å². The maximum absolute atomic E-state index is 13.2. The minimum atomic E-state index is -0.175. The van der Waals surface area contributed by atoms with Crippen LogP contribution in [0.25, 0.3) is 0 Å². The summed E-state index contributed by atoms with van der Waals surface area (Å²) in [6.45, 7) is 12.7. The number of pyridine rings is 1. The molecule has 0 unspecified atom stereocenters. The van der Waals surface area contributed by atoms with Gasteiger partial charge in [-0.15, -0.1) is 0 Å². The monoisotopic (exact) mass is 432 g/mol. The molecule has 0 fully saturated rings. The van der Waals surface area contributed by atoms with Crippen molar-refractivity contribution in [2.75, 3.05) is 11.9 Å². The number of anilines is 1. The topological polar surface area (TPSA) is 51.2 Å². The zero-order valence-corrected chi connectivity index (χ0v) is 18.7. The van der Waals surface area contributed by atoms with E-state index >= 15 is 0 Å². The third kappa shape index (κ3) is 5.32. The van der Waals surface area contributed by atoms with E-state index in [9.17, 15) is 4.79 Å². The number of ether oxygens (including phenoxy) is 1. The lowest BCUT2D eigenvalue weighted by Crippen LogP contribution is -2.19. The number of aromatic nitrogens is 1. The first-order chi connectivity index (χ1) is 12.8. The van der Waals surface area contributed by atoms with Crippen LogP contribution >= 0.6 is 15.9 Å². The fourth-order valence-corrected chi connectivity index (χ4v) is 3.61. The zero-order chi connectivity index (χ0) is 20.1. The normalized spacial score (nSPS) is 11.0. The first kappa shape index (κ1) is 21.4. The Labute approximate surface area is 170 Å². The molecule has 2 aromatic rings. The molecular weight excluding hydrogens is 404 g/mol. The first-order valence-corrected chi connectivity index (χ1v) is 10.3. The van der Waals surface area contributed by atoms with Crippen LogP contribution in [-0.4, -0.2) is 17.5 Å². The maximum Gasteiger partial charge on any atom is 0.261 e. The van der Waals surface area contributed by atoms with Gasteiger partial charge in [0.15, 0.2) is 0 Å². The SMILES string of the molecule is CCc1cc(Br)cc(CC)c1NC(=O)c1c(OCC(C)C)cc(C)nc1C. The standard InChI is InChI=1S/C22H29BrN2O2/c1-7-16-10-18(23)11-17(8-2)21(16)25-22(26)20-15(6)24-14(5)9-19(20)27-12-13(3)4/h9-11,13H,7-8,12H2,1-6H3,(H,25,26). The molecule has 1 aromatic heterocycles. The Morgan fingerprint density at radius 1 is 1.15 bits per heavy atom. The number of amides is 1. The molecule has 0 saturated carbocycles. The Hall–Kier alpha value is -1.88. The summed E-state index contributed by atoms with van der Waals surface area (Å²) in [5, 5.41) is 3.13. The van der Waals surface area contributed by atoms with Crippen molar-refractivity contribution in [3.63, 3.8) is 0 Å². The molecule has 5 heteroatoms. The smallest absolute Gasteiger partial charge is 0.261 e. The molecule has 1 N–H and O–H groups in total. The summed E-state index contributed by atoms with van der Waals surface area (Å²) in [5.41, 5.74) is 5.14. The number of aryl methyl sites for hydroxylation is 4. The Morgan fingerprint density at radius 3 is 2.26 bits per heavy atom. The van der Waals surface area contributed by atoms with Crippen molar-refractivity contribution >= 4 is 27.5 Å². The van der Waals surface area contributed by atoms with Crippen LogP contribution in [0.2, 0.25) is 0 Å². The third-order valence-electron chi connectivity index (χ3n) is 4.36. The lowest BCUT2D eigenvalue weighted by Gasteiger charge is -2.18. The van der Waals surface area contributed by atoms with E-state index < -0.39 is 0 Å². The van der Waals surface area contributed by atoms with E-state index in [0.717, 1.165) is 39.8 Å². The minimum Gasteiger partial charge on any atom is -0.492 e. The predicted molar refractivity (Wildman–Crippen MR) is 115 cm³/mol. The molecule has 0 bridgehead atoms. The third-order valence-corrected chi connectivity index (χ3v) is 4.82. The lowest BCUT2D eigenvalue weighted by atomic mass is 10.0. The van der Waals surface area contributed by atoms with Crippen molar-refractivity contribution in [3.8, 4) is 5.75 Å². The van der Waals surface area contributed by atoms with Gasteiger partial charge in [0.25, 0.3) is 5.91 Å². The number of carbonyl (C=O) groups is 1. The number of hydrogen-bond donors (Lipinski definition) is 1. The number of benzene rings is 1. The number of rotatable bonds is 7. The lowest BCUT2D eigenvalue weighted by molar-refractivity contribution is 0.102. The molecule has 146 valence electrons. The second kappa shape index (κ2) is 9.36. The molecule has 0 spiro atoms. The number of nitrogens with zero attached hydrogens (tertiary/aromatic N) is 1. The average molecular weight is 433 g/mol. The molecule has 0 aliphatic heterocycles. The number of nitrogens with one attached hydrogen (secondary N) is 1. The quantitative estimate of drug-likeness (QED) is 0.594. The summed E-state index contributed by atoms with van der Waals surface area (Å²) in [6, 6.07) is 5.96. The highest BCUT2D eigenvalue weighted by atomic mass is 79.9. The van der Waals surface area contributed by atoms with E-state index in [-0.39, 0.29) is 5.91 Å². The zero-order valence-electron chi connectivity index (χ0n) is 17.1. The Kier molecular flexibility index (Phi) is 7.42. The Bertz CT molecular complexity index is 806. The molecule has 27 heavy (non-hydrogen) atoms. The summed E-state index contributed by atoms with van der Waals surface area (Å²) in [6.07, 6.45) is 1.67.